The number of benzene rings is 1. The van der Waals surface area contributed by atoms with E-state index < -0.39 is 5.41 Å². The maximum absolute atomic E-state index is 13.1. The van der Waals surface area contributed by atoms with Gasteiger partial charge in [-0.25, -0.2) is 9.07 Å². The standard InChI is InChI=1S/C20H22FN3O2/c21-15-5-3-14(4-6-15)20(11-12-20)19(26)23-16-7-9-17(10-8-16)24-18(25)2-1-13-22-24/h1-6,13,16-17H,7-12H2,(H,23,26). The van der Waals surface area contributed by atoms with Gasteiger partial charge in [0.2, 0.25) is 5.91 Å². The molecule has 1 N–H and O–H groups in total. The zero-order chi connectivity index (χ0) is 18.1. The first-order chi connectivity index (χ1) is 12.6. The summed E-state index contributed by atoms with van der Waals surface area (Å²) in [6.45, 7) is 0. The van der Waals surface area contributed by atoms with Gasteiger partial charge in [0.1, 0.15) is 5.82 Å². The fourth-order valence-corrected chi connectivity index (χ4v) is 3.97. The molecule has 2 aromatic rings. The van der Waals surface area contributed by atoms with Crippen molar-refractivity contribution in [2.75, 3.05) is 0 Å². The van der Waals surface area contributed by atoms with Crippen molar-refractivity contribution in [1.82, 2.24) is 15.1 Å². The minimum Gasteiger partial charge on any atom is -0.353 e. The third kappa shape index (κ3) is 3.16. The van der Waals surface area contributed by atoms with Crippen LogP contribution in [0, 0.1) is 5.82 Å². The number of carbonyl (C=O) groups is 1. The van der Waals surface area contributed by atoms with E-state index in [0.29, 0.717) is 0 Å². The second kappa shape index (κ2) is 6.67. The summed E-state index contributed by atoms with van der Waals surface area (Å²) in [6, 6.07) is 9.66. The van der Waals surface area contributed by atoms with E-state index in [4.69, 9.17) is 0 Å². The highest BCUT2D eigenvalue weighted by Crippen LogP contribution is 2.48. The third-order valence-electron chi connectivity index (χ3n) is 5.70. The van der Waals surface area contributed by atoms with Crippen molar-refractivity contribution >= 4 is 5.91 Å². The van der Waals surface area contributed by atoms with Crippen molar-refractivity contribution in [2.24, 2.45) is 0 Å². The number of hydrogen-bond donors (Lipinski definition) is 1. The predicted molar refractivity (Wildman–Crippen MR) is 95.2 cm³/mol. The van der Waals surface area contributed by atoms with Crippen LogP contribution in [0.3, 0.4) is 0 Å². The van der Waals surface area contributed by atoms with E-state index in [1.807, 2.05) is 0 Å². The van der Waals surface area contributed by atoms with Crippen LogP contribution in [-0.4, -0.2) is 21.7 Å². The molecule has 136 valence electrons. The number of hydrogen-bond acceptors (Lipinski definition) is 3. The normalized spacial score (nSPS) is 24.0. The molecule has 0 saturated heterocycles. The van der Waals surface area contributed by atoms with Gasteiger partial charge >= 0.3 is 0 Å². The lowest BCUT2D eigenvalue weighted by atomic mass is 9.89. The summed E-state index contributed by atoms with van der Waals surface area (Å²) < 4.78 is 14.7. The van der Waals surface area contributed by atoms with E-state index in [2.05, 4.69) is 10.4 Å². The quantitative estimate of drug-likeness (QED) is 0.917. The van der Waals surface area contributed by atoms with Gasteiger partial charge in [0, 0.05) is 18.3 Å². The number of nitrogens with zero attached hydrogens (tertiary/aromatic N) is 2. The minimum atomic E-state index is -0.484. The summed E-state index contributed by atoms with van der Waals surface area (Å²) in [7, 11) is 0. The van der Waals surface area contributed by atoms with Gasteiger partial charge in [-0.05, 0) is 62.3 Å². The van der Waals surface area contributed by atoms with Gasteiger partial charge in [0.15, 0.2) is 0 Å². The van der Waals surface area contributed by atoms with Crippen LogP contribution in [0.1, 0.15) is 50.1 Å². The topological polar surface area (TPSA) is 64.0 Å². The molecular weight excluding hydrogens is 333 g/mol. The molecular formula is C20H22FN3O2. The smallest absolute Gasteiger partial charge is 0.266 e. The third-order valence-corrected chi connectivity index (χ3v) is 5.70. The molecule has 1 amide bonds. The molecule has 0 spiro atoms. The molecule has 0 radical (unpaired) electrons. The van der Waals surface area contributed by atoms with E-state index >= 15 is 0 Å². The largest absolute Gasteiger partial charge is 0.353 e. The Morgan fingerprint density at radius 3 is 2.42 bits per heavy atom. The zero-order valence-electron chi connectivity index (χ0n) is 14.5. The molecule has 2 aliphatic carbocycles. The molecule has 2 aliphatic rings. The van der Waals surface area contributed by atoms with Crippen molar-refractivity contribution in [2.45, 2.75) is 56.0 Å². The molecule has 6 heteroatoms. The van der Waals surface area contributed by atoms with Gasteiger partial charge < -0.3 is 5.32 Å². The highest BCUT2D eigenvalue weighted by molar-refractivity contribution is 5.91. The Balaban J connectivity index is 1.37. The van der Waals surface area contributed by atoms with Crippen LogP contribution in [0.2, 0.25) is 0 Å². The Hall–Kier alpha value is -2.50. The van der Waals surface area contributed by atoms with Crippen molar-refractivity contribution in [3.63, 3.8) is 0 Å². The zero-order valence-corrected chi connectivity index (χ0v) is 14.5. The summed E-state index contributed by atoms with van der Waals surface area (Å²) >= 11 is 0. The Morgan fingerprint density at radius 2 is 1.81 bits per heavy atom. The van der Waals surface area contributed by atoms with Gasteiger partial charge in [-0.2, -0.15) is 5.10 Å². The van der Waals surface area contributed by atoms with E-state index in [9.17, 15) is 14.0 Å². The van der Waals surface area contributed by atoms with Crippen molar-refractivity contribution in [3.05, 3.63) is 64.3 Å². The fourth-order valence-electron chi connectivity index (χ4n) is 3.97. The van der Waals surface area contributed by atoms with Gasteiger partial charge in [0.05, 0.1) is 11.5 Å². The lowest BCUT2D eigenvalue weighted by Gasteiger charge is -2.30. The van der Waals surface area contributed by atoms with Crippen LogP contribution in [0.15, 0.2) is 47.4 Å². The van der Waals surface area contributed by atoms with E-state index in [1.54, 1.807) is 29.1 Å². The molecule has 0 atom stereocenters. The maximum Gasteiger partial charge on any atom is 0.266 e. The first kappa shape index (κ1) is 16.9. The fraction of sp³-hybridized carbons (Fsp3) is 0.450. The van der Waals surface area contributed by atoms with Crippen molar-refractivity contribution < 1.29 is 9.18 Å². The number of halogens is 1. The molecule has 4 rings (SSSR count). The molecule has 0 bridgehead atoms. The van der Waals surface area contributed by atoms with Gasteiger partial charge in [0.25, 0.3) is 5.56 Å². The Bertz CT molecular complexity index is 850. The number of amides is 1. The summed E-state index contributed by atoms with van der Waals surface area (Å²) in [5.41, 5.74) is 0.334. The van der Waals surface area contributed by atoms with Crippen LogP contribution in [0.25, 0.3) is 0 Å². The Labute approximate surface area is 151 Å². The summed E-state index contributed by atoms with van der Waals surface area (Å²) in [5.74, 6) is -0.240. The van der Waals surface area contributed by atoms with Gasteiger partial charge in [-0.15, -0.1) is 0 Å². The molecule has 5 nitrogen and oxygen atoms in total. The lowest BCUT2D eigenvalue weighted by molar-refractivity contribution is -0.124. The molecule has 1 aromatic heterocycles. The van der Waals surface area contributed by atoms with Crippen LogP contribution in [0.5, 0.6) is 0 Å². The number of nitrogens with one attached hydrogen (secondary N) is 1. The average Bonchev–Trinajstić information content (AvgIpc) is 3.46. The van der Waals surface area contributed by atoms with E-state index in [1.165, 1.54) is 18.2 Å². The van der Waals surface area contributed by atoms with Crippen LogP contribution < -0.4 is 10.9 Å². The van der Waals surface area contributed by atoms with E-state index in [0.717, 1.165) is 44.1 Å². The maximum atomic E-state index is 13.1. The Morgan fingerprint density at radius 1 is 1.12 bits per heavy atom. The minimum absolute atomic E-state index is 0.0440. The number of rotatable bonds is 4. The highest BCUT2D eigenvalue weighted by atomic mass is 19.1. The Kier molecular flexibility index (Phi) is 4.34. The molecule has 2 fully saturated rings. The van der Waals surface area contributed by atoms with Crippen LogP contribution in [-0.2, 0) is 10.2 Å². The first-order valence-corrected chi connectivity index (χ1v) is 9.19. The SMILES string of the molecule is O=C(NC1CCC(n2ncccc2=O)CC1)C1(c2ccc(F)cc2)CC1. The molecule has 1 aromatic carbocycles. The molecule has 0 unspecified atom stereocenters. The van der Waals surface area contributed by atoms with Gasteiger partial charge in [-0.3, -0.25) is 9.59 Å². The highest BCUT2D eigenvalue weighted by Gasteiger charge is 2.51. The monoisotopic (exact) mass is 355 g/mol. The molecule has 1 heterocycles. The number of aromatic nitrogens is 2. The molecule has 0 aliphatic heterocycles. The van der Waals surface area contributed by atoms with Crippen LogP contribution in [0.4, 0.5) is 4.39 Å². The van der Waals surface area contributed by atoms with Crippen LogP contribution >= 0.6 is 0 Å². The first-order valence-electron chi connectivity index (χ1n) is 9.19. The van der Waals surface area contributed by atoms with Gasteiger partial charge in [-0.1, -0.05) is 12.1 Å². The second-order valence-corrected chi connectivity index (χ2v) is 7.37. The second-order valence-electron chi connectivity index (χ2n) is 7.37. The van der Waals surface area contributed by atoms with Crippen molar-refractivity contribution in [1.29, 1.82) is 0 Å². The van der Waals surface area contributed by atoms with Crippen molar-refractivity contribution in [3.8, 4) is 0 Å². The molecule has 26 heavy (non-hydrogen) atoms. The number of carbonyl (C=O) groups excluding carboxylic acids is 1. The average molecular weight is 355 g/mol. The summed E-state index contributed by atoms with van der Waals surface area (Å²) in [4.78, 5) is 24.7. The summed E-state index contributed by atoms with van der Waals surface area (Å²) in [5, 5.41) is 7.35. The molecule has 2 saturated carbocycles. The van der Waals surface area contributed by atoms with E-state index in [-0.39, 0.29) is 29.4 Å². The lowest BCUT2D eigenvalue weighted by Crippen LogP contribution is -2.44. The predicted octanol–water partition coefficient (Wildman–Crippen LogP) is 2.71. The summed E-state index contributed by atoms with van der Waals surface area (Å²) in [6.07, 6.45) is 6.57.